The zero-order valence-electron chi connectivity index (χ0n) is 18.7. The van der Waals surface area contributed by atoms with Crippen LogP contribution in [-0.4, -0.2) is 85.7 Å². The number of carbonyl (C=O) groups is 4. The van der Waals surface area contributed by atoms with Crippen LogP contribution < -0.4 is 0 Å². The Bertz CT molecular complexity index is 1170. The van der Waals surface area contributed by atoms with Crippen LogP contribution >= 0.6 is 0 Å². The summed E-state index contributed by atoms with van der Waals surface area (Å²) in [7, 11) is 0. The van der Waals surface area contributed by atoms with Crippen LogP contribution in [0, 0.1) is 25.2 Å². The van der Waals surface area contributed by atoms with Crippen molar-refractivity contribution in [2.45, 2.75) is 39.5 Å². The van der Waals surface area contributed by atoms with Crippen molar-refractivity contribution in [3.8, 4) is 6.07 Å². The maximum Gasteiger partial charge on any atom is 0.242 e. The van der Waals surface area contributed by atoms with E-state index in [0.29, 0.717) is 50.2 Å². The molecule has 0 aromatic carbocycles. The number of likely N-dealkylation sites (tertiary alicyclic amines) is 1. The zero-order valence-corrected chi connectivity index (χ0v) is 18.7. The minimum absolute atomic E-state index is 0.0101. The molecular weight excluding hydrogens is 426 g/mol. The Morgan fingerprint density at radius 2 is 1.64 bits per heavy atom. The van der Waals surface area contributed by atoms with Crippen LogP contribution in [0.2, 0.25) is 0 Å². The minimum atomic E-state index is -0.306. The molecule has 11 nitrogen and oxygen atoms in total. The highest BCUT2D eigenvalue weighted by Gasteiger charge is 2.33. The van der Waals surface area contributed by atoms with Crippen LogP contribution in [-0.2, 0) is 25.6 Å². The van der Waals surface area contributed by atoms with Crippen molar-refractivity contribution in [1.29, 1.82) is 5.26 Å². The average Bonchev–Trinajstić information content (AvgIpc) is 3.36. The molecule has 2 fully saturated rings. The summed E-state index contributed by atoms with van der Waals surface area (Å²) in [6, 6.07) is 2.08. The van der Waals surface area contributed by atoms with Crippen LogP contribution in [0.25, 0.3) is 5.65 Å². The second-order valence-electron chi connectivity index (χ2n) is 8.30. The molecule has 0 N–H and O–H groups in total. The van der Waals surface area contributed by atoms with E-state index in [0.717, 1.165) is 21.9 Å². The van der Waals surface area contributed by atoms with Gasteiger partial charge in [-0.2, -0.15) is 10.4 Å². The maximum atomic E-state index is 12.8. The van der Waals surface area contributed by atoms with Gasteiger partial charge in [0.15, 0.2) is 5.65 Å². The largest absolute Gasteiger partial charge is 0.339 e. The fourth-order valence-corrected chi connectivity index (χ4v) is 4.38. The first-order valence-electron chi connectivity index (χ1n) is 10.9. The van der Waals surface area contributed by atoms with Crippen molar-refractivity contribution >= 4 is 29.3 Å². The molecule has 0 radical (unpaired) electrons. The van der Waals surface area contributed by atoms with Crippen LogP contribution in [0.3, 0.4) is 0 Å². The van der Waals surface area contributed by atoms with Crippen LogP contribution in [0.1, 0.15) is 41.8 Å². The monoisotopic (exact) mass is 451 g/mol. The standard InChI is InChI=1S/C22H25N7O4/c1-14-17(15(2)29-22(25-14)16(11-23)12-24-29)3-4-18(30)26-7-9-27(10-8-26)21(33)13-28-19(31)5-6-20(28)32/h12H,3-10,13H2,1-2H3. The van der Waals surface area contributed by atoms with E-state index in [1.54, 1.807) is 14.3 Å². The summed E-state index contributed by atoms with van der Waals surface area (Å²) in [5, 5.41) is 13.4. The second-order valence-corrected chi connectivity index (χ2v) is 8.30. The molecule has 0 unspecified atom stereocenters. The van der Waals surface area contributed by atoms with Gasteiger partial charge in [0.25, 0.3) is 0 Å². The van der Waals surface area contributed by atoms with Crippen LogP contribution in [0.4, 0.5) is 0 Å². The third-order valence-electron chi connectivity index (χ3n) is 6.35. The molecule has 2 saturated heterocycles. The van der Waals surface area contributed by atoms with Gasteiger partial charge in [0.05, 0.1) is 6.20 Å². The van der Waals surface area contributed by atoms with Crippen molar-refractivity contribution in [3.63, 3.8) is 0 Å². The molecule has 4 heterocycles. The van der Waals surface area contributed by atoms with Crippen LogP contribution in [0.15, 0.2) is 6.20 Å². The van der Waals surface area contributed by atoms with E-state index in [9.17, 15) is 24.4 Å². The van der Waals surface area contributed by atoms with Gasteiger partial charge in [0.2, 0.25) is 23.6 Å². The zero-order chi connectivity index (χ0) is 23.7. The van der Waals surface area contributed by atoms with Gasteiger partial charge >= 0.3 is 0 Å². The highest BCUT2D eigenvalue weighted by molar-refractivity contribution is 6.04. The van der Waals surface area contributed by atoms with E-state index in [2.05, 4.69) is 16.2 Å². The molecule has 0 bridgehead atoms. The molecule has 4 rings (SSSR count). The lowest BCUT2D eigenvalue weighted by molar-refractivity contribution is -0.147. The normalized spacial score (nSPS) is 16.6. The Hall–Kier alpha value is -3.81. The number of aromatic nitrogens is 3. The van der Waals surface area contributed by atoms with Gasteiger partial charge in [-0.1, -0.05) is 0 Å². The summed E-state index contributed by atoms with van der Waals surface area (Å²) in [5.74, 6) is -0.893. The summed E-state index contributed by atoms with van der Waals surface area (Å²) in [5.41, 5.74) is 3.48. The first-order valence-corrected chi connectivity index (χ1v) is 10.9. The third-order valence-corrected chi connectivity index (χ3v) is 6.35. The predicted octanol–water partition coefficient (Wildman–Crippen LogP) is -0.0298. The van der Waals surface area contributed by atoms with Crippen LogP contribution in [0.5, 0.6) is 0 Å². The van der Waals surface area contributed by atoms with Crippen molar-refractivity contribution in [3.05, 3.63) is 28.7 Å². The molecule has 11 heteroatoms. The molecule has 2 aliphatic heterocycles. The lowest BCUT2D eigenvalue weighted by Crippen LogP contribution is -2.53. The summed E-state index contributed by atoms with van der Waals surface area (Å²) >= 11 is 0. The smallest absolute Gasteiger partial charge is 0.242 e. The summed E-state index contributed by atoms with van der Waals surface area (Å²) < 4.78 is 1.63. The number of carbonyl (C=O) groups excluding carboxylic acids is 4. The van der Waals surface area contributed by atoms with E-state index < -0.39 is 0 Å². The second kappa shape index (κ2) is 8.97. The van der Waals surface area contributed by atoms with Gasteiger partial charge in [0, 0.05) is 56.8 Å². The van der Waals surface area contributed by atoms with Crippen molar-refractivity contribution in [2.75, 3.05) is 32.7 Å². The molecule has 0 saturated carbocycles. The van der Waals surface area contributed by atoms with Crippen molar-refractivity contribution < 1.29 is 19.2 Å². The fraction of sp³-hybridized carbons (Fsp3) is 0.500. The summed E-state index contributed by atoms with van der Waals surface area (Å²) in [4.78, 5) is 57.6. The molecule has 4 amide bonds. The Kier molecular flexibility index (Phi) is 6.09. The van der Waals surface area contributed by atoms with E-state index in [1.807, 2.05) is 13.8 Å². The number of nitriles is 1. The fourth-order valence-electron chi connectivity index (χ4n) is 4.38. The number of piperazine rings is 1. The number of hydrogen-bond acceptors (Lipinski definition) is 7. The minimum Gasteiger partial charge on any atom is -0.339 e. The SMILES string of the molecule is Cc1nc2c(C#N)cnn2c(C)c1CCC(=O)N1CCN(C(=O)CN2C(=O)CCC2=O)CC1. The lowest BCUT2D eigenvalue weighted by atomic mass is 10.1. The molecule has 2 aromatic rings. The highest BCUT2D eigenvalue weighted by Crippen LogP contribution is 2.19. The molecule has 172 valence electrons. The third kappa shape index (κ3) is 4.28. The number of nitrogens with zero attached hydrogens (tertiary/aromatic N) is 7. The Morgan fingerprint density at radius 3 is 2.24 bits per heavy atom. The first kappa shape index (κ1) is 22.4. The van der Waals surface area contributed by atoms with Crippen molar-refractivity contribution in [2.24, 2.45) is 0 Å². The average molecular weight is 451 g/mol. The molecule has 0 aliphatic carbocycles. The van der Waals surface area contributed by atoms with E-state index >= 15 is 0 Å². The Morgan fingerprint density at radius 1 is 1.03 bits per heavy atom. The highest BCUT2D eigenvalue weighted by atomic mass is 16.2. The first-order chi connectivity index (χ1) is 15.8. The lowest BCUT2D eigenvalue weighted by Gasteiger charge is -2.35. The number of rotatable bonds is 5. The molecule has 0 spiro atoms. The van der Waals surface area contributed by atoms with Gasteiger partial charge < -0.3 is 9.80 Å². The summed E-state index contributed by atoms with van der Waals surface area (Å²) in [6.07, 6.45) is 2.61. The van der Waals surface area contributed by atoms with Gasteiger partial charge in [-0.15, -0.1) is 0 Å². The molecular formula is C22H25N7O4. The van der Waals surface area contributed by atoms with E-state index in [1.165, 1.54) is 6.20 Å². The van der Waals surface area contributed by atoms with E-state index in [-0.39, 0.29) is 43.0 Å². The number of fused-ring (bicyclic) bond motifs is 1. The molecule has 0 atom stereocenters. The number of aryl methyl sites for hydroxylation is 2. The maximum absolute atomic E-state index is 12.8. The summed E-state index contributed by atoms with van der Waals surface area (Å²) in [6.45, 7) is 5.10. The quantitative estimate of drug-likeness (QED) is 0.583. The number of hydrogen-bond donors (Lipinski definition) is 0. The van der Waals surface area contributed by atoms with Gasteiger partial charge in [0.1, 0.15) is 18.2 Å². The topological polar surface area (TPSA) is 132 Å². The molecule has 2 aliphatic rings. The Labute approximate surface area is 190 Å². The Balaban J connectivity index is 1.32. The van der Waals surface area contributed by atoms with Gasteiger partial charge in [-0.05, 0) is 25.8 Å². The van der Waals surface area contributed by atoms with Gasteiger partial charge in [-0.25, -0.2) is 9.50 Å². The molecule has 33 heavy (non-hydrogen) atoms. The number of imide groups is 1. The predicted molar refractivity (Wildman–Crippen MR) is 115 cm³/mol. The van der Waals surface area contributed by atoms with Gasteiger partial charge in [-0.3, -0.25) is 24.1 Å². The van der Waals surface area contributed by atoms with E-state index in [4.69, 9.17) is 0 Å². The number of amides is 4. The molecule has 2 aromatic heterocycles. The van der Waals surface area contributed by atoms with Crippen molar-refractivity contribution in [1.82, 2.24) is 29.3 Å².